The maximum absolute atomic E-state index is 11.9. The van der Waals surface area contributed by atoms with Gasteiger partial charge in [0.1, 0.15) is 0 Å². The Labute approximate surface area is 116 Å². The van der Waals surface area contributed by atoms with E-state index < -0.39 is 11.9 Å². The van der Waals surface area contributed by atoms with Crippen LogP contribution in [0.1, 0.15) is 12.8 Å². The van der Waals surface area contributed by atoms with Gasteiger partial charge in [0, 0.05) is 13.1 Å². The minimum atomic E-state index is -0.843. The molecule has 8 heteroatoms. The Balaban J connectivity index is 1.94. The molecule has 1 aliphatic heterocycles. The number of aromatic nitrogens is 1. The van der Waals surface area contributed by atoms with E-state index in [0.717, 1.165) is 3.79 Å². The van der Waals surface area contributed by atoms with Crippen molar-refractivity contribution in [1.29, 1.82) is 0 Å². The summed E-state index contributed by atoms with van der Waals surface area (Å²) in [4.78, 5) is 28.4. The lowest BCUT2D eigenvalue weighted by molar-refractivity contribution is -0.143. The summed E-state index contributed by atoms with van der Waals surface area (Å²) in [6.45, 7) is 0.843. The van der Waals surface area contributed by atoms with Gasteiger partial charge in [-0.15, -0.1) is 0 Å². The predicted octanol–water partition coefficient (Wildman–Crippen LogP) is 2.23. The summed E-state index contributed by atoms with van der Waals surface area (Å²) in [5.41, 5.74) is 0. The quantitative estimate of drug-likeness (QED) is 0.869. The standard InChI is InChI=1S/C10H12BrN3O3S/c11-7-4-12-9(18-7)13-10(17)14-3-1-2-6(5-14)8(15)16/h4,6H,1-3,5H2,(H,15,16)(H,12,13,17). The predicted molar refractivity (Wildman–Crippen MR) is 70.8 cm³/mol. The Morgan fingerprint density at radius 3 is 3.00 bits per heavy atom. The fraction of sp³-hybridized carbons (Fsp3) is 0.500. The van der Waals surface area contributed by atoms with E-state index in [1.54, 1.807) is 6.20 Å². The highest BCUT2D eigenvalue weighted by atomic mass is 79.9. The molecule has 0 aromatic carbocycles. The summed E-state index contributed by atoms with van der Waals surface area (Å²) < 4.78 is 0.833. The number of nitrogens with one attached hydrogen (secondary N) is 1. The maximum atomic E-state index is 11.9. The molecule has 0 saturated carbocycles. The van der Waals surface area contributed by atoms with Crippen LogP contribution in [0.3, 0.4) is 0 Å². The molecular weight excluding hydrogens is 322 g/mol. The molecule has 1 aromatic rings. The number of piperidine rings is 1. The van der Waals surface area contributed by atoms with Gasteiger partial charge in [0.25, 0.3) is 0 Å². The first kappa shape index (κ1) is 13.3. The normalized spacial score (nSPS) is 19.6. The van der Waals surface area contributed by atoms with Crippen LogP contribution in [0.5, 0.6) is 0 Å². The zero-order valence-corrected chi connectivity index (χ0v) is 11.8. The van der Waals surface area contributed by atoms with Crippen molar-refractivity contribution in [3.63, 3.8) is 0 Å². The molecule has 6 nitrogen and oxygen atoms in total. The van der Waals surface area contributed by atoms with Gasteiger partial charge in [-0.05, 0) is 28.8 Å². The number of nitrogens with zero attached hydrogens (tertiary/aromatic N) is 2. The lowest BCUT2D eigenvalue weighted by atomic mass is 9.99. The third-order valence-electron chi connectivity index (χ3n) is 2.75. The smallest absolute Gasteiger partial charge is 0.323 e. The Hall–Kier alpha value is -1.15. The number of carboxylic acids is 1. The molecule has 1 fully saturated rings. The van der Waals surface area contributed by atoms with Crippen LogP contribution in [0.15, 0.2) is 9.98 Å². The van der Waals surface area contributed by atoms with Gasteiger partial charge in [-0.3, -0.25) is 10.1 Å². The zero-order valence-electron chi connectivity index (χ0n) is 9.43. The number of urea groups is 1. The highest BCUT2D eigenvalue weighted by Crippen LogP contribution is 2.24. The average molecular weight is 334 g/mol. The van der Waals surface area contributed by atoms with Gasteiger partial charge in [0.15, 0.2) is 5.13 Å². The second-order valence-corrected chi connectivity index (χ2v) is 6.43. The first-order chi connectivity index (χ1) is 8.56. The Bertz CT molecular complexity index is 465. The Morgan fingerprint density at radius 2 is 2.39 bits per heavy atom. The average Bonchev–Trinajstić information content (AvgIpc) is 2.75. The summed E-state index contributed by atoms with van der Waals surface area (Å²) in [5, 5.41) is 12.1. The summed E-state index contributed by atoms with van der Waals surface area (Å²) in [7, 11) is 0. The van der Waals surface area contributed by atoms with Gasteiger partial charge in [-0.25, -0.2) is 9.78 Å². The van der Waals surface area contributed by atoms with Crippen LogP contribution in [-0.2, 0) is 4.79 Å². The second kappa shape index (κ2) is 5.66. The van der Waals surface area contributed by atoms with Gasteiger partial charge in [0.2, 0.25) is 0 Å². The first-order valence-electron chi connectivity index (χ1n) is 5.46. The van der Waals surface area contributed by atoms with Crippen LogP contribution >= 0.6 is 27.3 Å². The minimum Gasteiger partial charge on any atom is -0.481 e. The Morgan fingerprint density at radius 1 is 1.61 bits per heavy atom. The number of carboxylic acid groups (broad SMARTS) is 1. The lowest BCUT2D eigenvalue weighted by Gasteiger charge is -2.30. The largest absolute Gasteiger partial charge is 0.481 e. The number of halogens is 1. The van der Waals surface area contributed by atoms with Crippen LogP contribution in [0.4, 0.5) is 9.93 Å². The van der Waals surface area contributed by atoms with Crippen LogP contribution in [-0.4, -0.2) is 40.1 Å². The van der Waals surface area contributed by atoms with Crippen molar-refractivity contribution in [1.82, 2.24) is 9.88 Å². The number of carbonyl (C=O) groups excluding carboxylic acids is 1. The molecule has 1 unspecified atom stereocenters. The summed E-state index contributed by atoms with van der Waals surface area (Å²) in [6, 6.07) is -0.289. The summed E-state index contributed by atoms with van der Waals surface area (Å²) >= 11 is 4.58. The molecule has 2 amide bonds. The van der Waals surface area contributed by atoms with Gasteiger partial charge >= 0.3 is 12.0 Å². The number of hydrogen-bond donors (Lipinski definition) is 2. The fourth-order valence-electron chi connectivity index (χ4n) is 1.85. The van der Waals surface area contributed by atoms with E-state index in [9.17, 15) is 9.59 Å². The van der Waals surface area contributed by atoms with E-state index in [4.69, 9.17) is 5.11 Å². The molecule has 1 aromatic heterocycles. The molecule has 1 atom stereocenters. The SMILES string of the molecule is O=C(O)C1CCCN(C(=O)Nc2ncc(Br)s2)C1. The molecule has 98 valence electrons. The molecule has 2 rings (SSSR count). The number of thiazole rings is 1. The molecule has 0 spiro atoms. The van der Waals surface area contributed by atoms with Crippen molar-refractivity contribution in [3.05, 3.63) is 9.98 Å². The van der Waals surface area contributed by atoms with E-state index in [2.05, 4.69) is 26.2 Å². The molecule has 2 N–H and O–H groups in total. The Kier molecular flexibility index (Phi) is 4.18. The number of likely N-dealkylation sites (tertiary alicyclic amines) is 1. The first-order valence-corrected chi connectivity index (χ1v) is 7.07. The third-order valence-corrected chi connectivity index (χ3v) is 4.14. The van der Waals surface area contributed by atoms with Crippen LogP contribution in [0, 0.1) is 5.92 Å². The van der Waals surface area contributed by atoms with E-state index in [1.807, 2.05) is 0 Å². The number of rotatable bonds is 2. The molecule has 0 bridgehead atoms. The van der Waals surface area contributed by atoms with Crippen LogP contribution in [0.2, 0.25) is 0 Å². The van der Waals surface area contributed by atoms with Gasteiger partial charge in [0.05, 0.1) is 15.9 Å². The molecular formula is C10H12BrN3O3S. The number of anilines is 1. The maximum Gasteiger partial charge on any atom is 0.323 e. The van der Waals surface area contributed by atoms with Crippen molar-refractivity contribution < 1.29 is 14.7 Å². The van der Waals surface area contributed by atoms with Gasteiger partial charge < -0.3 is 10.0 Å². The van der Waals surface area contributed by atoms with Crippen molar-refractivity contribution in [2.45, 2.75) is 12.8 Å². The third kappa shape index (κ3) is 3.20. The minimum absolute atomic E-state index is 0.258. The van der Waals surface area contributed by atoms with E-state index in [-0.39, 0.29) is 12.6 Å². The van der Waals surface area contributed by atoms with Crippen molar-refractivity contribution in [2.24, 2.45) is 5.92 Å². The molecule has 0 radical (unpaired) electrons. The molecule has 0 aliphatic carbocycles. The van der Waals surface area contributed by atoms with Crippen LogP contribution < -0.4 is 5.32 Å². The molecule has 18 heavy (non-hydrogen) atoms. The topological polar surface area (TPSA) is 82.5 Å². The number of hydrogen-bond acceptors (Lipinski definition) is 4. The highest BCUT2D eigenvalue weighted by molar-refractivity contribution is 9.11. The molecule has 1 aliphatic rings. The van der Waals surface area contributed by atoms with E-state index >= 15 is 0 Å². The highest BCUT2D eigenvalue weighted by Gasteiger charge is 2.28. The van der Waals surface area contributed by atoms with Crippen molar-refractivity contribution in [3.8, 4) is 0 Å². The molecule has 1 saturated heterocycles. The fourth-order valence-corrected chi connectivity index (χ4v) is 2.94. The van der Waals surface area contributed by atoms with Gasteiger partial charge in [-0.2, -0.15) is 0 Å². The van der Waals surface area contributed by atoms with E-state index in [0.29, 0.717) is 24.5 Å². The number of carbonyl (C=O) groups is 2. The van der Waals surface area contributed by atoms with Crippen LogP contribution in [0.25, 0.3) is 0 Å². The molecule has 2 heterocycles. The summed E-state index contributed by atoms with van der Waals surface area (Å²) in [6.07, 6.45) is 2.95. The summed E-state index contributed by atoms with van der Waals surface area (Å²) in [5.74, 6) is -1.31. The van der Waals surface area contributed by atoms with E-state index in [1.165, 1.54) is 16.2 Å². The number of aliphatic carboxylic acids is 1. The monoisotopic (exact) mass is 333 g/mol. The second-order valence-electron chi connectivity index (χ2n) is 4.02. The number of amides is 2. The van der Waals surface area contributed by atoms with Crippen molar-refractivity contribution >= 4 is 44.4 Å². The zero-order chi connectivity index (χ0) is 13.1. The van der Waals surface area contributed by atoms with Crippen molar-refractivity contribution in [2.75, 3.05) is 18.4 Å². The lowest BCUT2D eigenvalue weighted by Crippen LogP contribution is -2.44. The van der Waals surface area contributed by atoms with Gasteiger partial charge in [-0.1, -0.05) is 11.3 Å².